The molecule has 0 radical (unpaired) electrons. The molecule has 144 valence electrons. The van der Waals surface area contributed by atoms with Crippen LogP contribution in [0.2, 0.25) is 0 Å². The van der Waals surface area contributed by atoms with Crippen LogP contribution in [-0.2, 0) is 14.8 Å². The Morgan fingerprint density at radius 3 is 2.26 bits per heavy atom. The maximum Gasteiger partial charge on any atom is 0.261 e. The predicted octanol–water partition coefficient (Wildman–Crippen LogP) is 3.19. The zero-order valence-corrected chi connectivity index (χ0v) is 16.2. The smallest absolute Gasteiger partial charge is 0.261 e. The van der Waals surface area contributed by atoms with Crippen LogP contribution in [0, 0.1) is 6.92 Å². The molecule has 0 atom stereocenters. The fraction of sp³-hybridized carbons (Fsp3) is 0.350. The predicted molar refractivity (Wildman–Crippen MR) is 104 cm³/mol. The molecular formula is C20H24N2O4S. The summed E-state index contributed by atoms with van der Waals surface area (Å²) < 4.78 is 33.0. The summed E-state index contributed by atoms with van der Waals surface area (Å²) >= 11 is 0. The molecule has 0 saturated carbocycles. The molecule has 0 spiro atoms. The molecule has 1 saturated heterocycles. The average Bonchev–Trinajstić information content (AvgIpc) is 2.69. The van der Waals surface area contributed by atoms with Crippen molar-refractivity contribution in [2.75, 3.05) is 24.4 Å². The minimum Gasteiger partial charge on any atom is -0.484 e. The van der Waals surface area contributed by atoms with E-state index in [1.54, 1.807) is 24.3 Å². The van der Waals surface area contributed by atoms with Gasteiger partial charge < -0.3 is 9.64 Å². The van der Waals surface area contributed by atoms with E-state index in [9.17, 15) is 13.2 Å². The van der Waals surface area contributed by atoms with Gasteiger partial charge in [0.05, 0.1) is 4.90 Å². The Hall–Kier alpha value is -2.54. The monoisotopic (exact) mass is 388 g/mol. The van der Waals surface area contributed by atoms with Crippen LogP contribution in [0.5, 0.6) is 5.75 Å². The number of carbonyl (C=O) groups excluding carboxylic acids is 1. The van der Waals surface area contributed by atoms with Gasteiger partial charge in [0.25, 0.3) is 15.9 Å². The van der Waals surface area contributed by atoms with Crippen LogP contribution in [-0.4, -0.2) is 38.9 Å². The van der Waals surface area contributed by atoms with Crippen LogP contribution < -0.4 is 9.46 Å². The maximum absolute atomic E-state index is 12.5. The Balaban J connectivity index is 1.58. The summed E-state index contributed by atoms with van der Waals surface area (Å²) in [6.07, 6.45) is 3.23. The first kappa shape index (κ1) is 19.2. The van der Waals surface area contributed by atoms with Gasteiger partial charge in [0.1, 0.15) is 5.75 Å². The van der Waals surface area contributed by atoms with E-state index in [4.69, 9.17) is 4.74 Å². The molecule has 7 heteroatoms. The van der Waals surface area contributed by atoms with E-state index in [1.165, 1.54) is 12.1 Å². The maximum atomic E-state index is 12.5. The summed E-state index contributed by atoms with van der Waals surface area (Å²) in [6, 6.07) is 13.2. The first-order chi connectivity index (χ1) is 12.9. The molecule has 1 heterocycles. The molecule has 0 bridgehead atoms. The highest BCUT2D eigenvalue weighted by Gasteiger charge is 2.17. The highest BCUT2D eigenvalue weighted by Crippen LogP contribution is 2.20. The van der Waals surface area contributed by atoms with Crippen LogP contribution in [0.4, 0.5) is 5.69 Å². The topological polar surface area (TPSA) is 75.7 Å². The van der Waals surface area contributed by atoms with Crippen LogP contribution in [0.1, 0.15) is 24.8 Å². The minimum absolute atomic E-state index is 0.0340. The Morgan fingerprint density at radius 1 is 1.00 bits per heavy atom. The van der Waals surface area contributed by atoms with Crippen molar-refractivity contribution in [1.29, 1.82) is 0 Å². The molecule has 6 nitrogen and oxygen atoms in total. The van der Waals surface area contributed by atoms with E-state index in [2.05, 4.69) is 4.72 Å². The van der Waals surface area contributed by atoms with Gasteiger partial charge in [0.15, 0.2) is 6.61 Å². The molecule has 1 fully saturated rings. The van der Waals surface area contributed by atoms with E-state index < -0.39 is 10.0 Å². The summed E-state index contributed by atoms with van der Waals surface area (Å²) in [7, 11) is -3.67. The second-order valence-corrected chi connectivity index (χ2v) is 8.36. The molecule has 2 aromatic rings. The van der Waals surface area contributed by atoms with Crippen molar-refractivity contribution in [3.05, 3.63) is 54.1 Å². The van der Waals surface area contributed by atoms with Gasteiger partial charge >= 0.3 is 0 Å². The standard InChI is InChI=1S/C20H24N2O4S/c1-16-5-7-17(8-6-16)21-27(24,25)19-11-9-18(10-12-19)26-15-20(23)22-13-3-2-4-14-22/h5-12,21H,2-4,13-15H2,1H3. The Morgan fingerprint density at radius 2 is 1.63 bits per heavy atom. The van der Waals surface area contributed by atoms with Crippen molar-refractivity contribution in [2.24, 2.45) is 0 Å². The third kappa shape index (κ3) is 5.23. The van der Waals surface area contributed by atoms with Gasteiger partial charge in [-0.2, -0.15) is 0 Å². The molecule has 1 N–H and O–H groups in total. The number of amides is 1. The summed E-state index contributed by atoms with van der Waals surface area (Å²) in [6.45, 7) is 3.47. The van der Waals surface area contributed by atoms with E-state index >= 15 is 0 Å². The highest BCUT2D eigenvalue weighted by molar-refractivity contribution is 7.92. The fourth-order valence-electron chi connectivity index (χ4n) is 2.93. The molecule has 2 aromatic carbocycles. The van der Waals surface area contributed by atoms with Gasteiger partial charge in [-0.15, -0.1) is 0 Å². The normalized spacial score (nSPS) is 14.6. The van der Waals surface area contributed by atoms with E-state index in [0.29, 0.717) is 11.4 Å². The Labute approximate surface area is 160 Å². The fourth-order valence-corrected chi connectivity index (χ4v) is 3.99. The molecule has 0 aromatic heterocycles. The lowest BCUT2D eigenvalue weighted by Crippen LogP contribution is -2.38. The molecule has 0 aliphatic carbocycles. The number of anilines is 1. The molecule has 1 amide bonds. The largest absolute Gasteiger partial charge is 0.484 e. The van der Waals surface area contributed by atoms with Crippen LogP contribution in [0.3, 0.4) is 0 Å². The SMILES string of the molecule is Cc1ccc(NS(=O)(=O)c2ccc(OCC(=O)N3CCCCC3)cc2)cc1. The zero-order chi connectivity index (χ0) is 19.3. The summed E-state index contributed by atoms with van der Waals surface area (Å²) in [5.41, 5.74) is 1.56. The number of hydrogen-bond acceptors (Lipinski definition) is 4. The van der Waals surface area contributed by atoms with Gasteiger partial charge in [-0.3, -0.25) is 9.52 Å². The first-order valence-corrected chi connectivity index (χ1v) is 10.5. The van der Waals surface area contributed by atoms with Gasteiger partial charge in [0.2, 0.25) is 0 Å². The van der Waals surface area contributed by atoms with E-state index in [1.807, 2.05) is 24.0 Å². The van der Waals surface area contributed by atoms with Gasteiger partial charge in [-0.1, -0.05) is 17.7 Å². The number of nitrogens with one attached hydrogen (secondary N) is 1. The van der Waals surface area contributed by atoms with Crippen LogP contribution in [0.15, 0.2) is 53.4 Å². The third-order valence-electron chi connectivity index (χ3n) is 4.51. The summed E-state index contributed by atoms with van der Waals surface area (Å²) in [5, 5.41) is 0. The van der Waals surface area contributed by atoms with E-state index in [0.717, 1.165) is 37.9 Å². The van der Waals surface area contributed by atoms with Crippen molar-refractivity contribution >= 4 is 21.6 Å². The van der Waals surface area contributed by atoms with Crippen molar-refractivity contribution in [2.45, 2.75) is 31.1 Å². The lowest BCUT2D eigenvalue weighted by Gasteiger charge is -2.26. The zero-order valence-electron chi connectivity index (χ0n) is 15.3. The number of carbonyl (C=O) groups is 1. The van der Waals surface area contributed by atoms with Crippen molar-refractivity contribution in [3.63, 3.8) is 0 Å². The van der Waals surface area contributed by atoms with Crippen molar-refractivity contribution < 1.29 is 17.9 Å². The molecule has 1 aliphatic rings. The lowest BCUT2D eigenvalue weighted by molar-refractivity contribution is -0.134. The third-order valence-corrected chi connectivity index (χ3v) is 5.91. The lowest BCUT2D eigenvalue weighted by atomic mass is 10.1. The quantitative estimate of drug-likeness (QED) is 0.825. The Kier molecular flexibility index (Phi) is 6.01. The van der Waals surface area contributed by atoms with Gasteiger partial charge in [0, 0.05) is 18.8 Å². The second kappa shape index (κ2) is 8.43. The number of ether oxygens (including phenoxy) is 1. The number of hydrogen-bond donors (Lipinski definition) is 1. The van der Waals surface area contributed by atoms with Crippen molar-refractivity contribution in [3.8, 4) is 5.75 Å². The molecule has 1 aliphatic heterocycles. The van der Waals surface area contributed by atoms with Crippen LogP contribution >= 0.6 is 0 Å². The molecule has 3 rings (SSSR count). The molecule has 27 heavy (non-hydrogen) atoms. The minimum atomic E-state index is -3.67. The first-order valence-electron chi connectivity index (χ1n) is 9.04. The summed E-state index contributed by atoms with van der Waals surface area (Å²) in [4.78, 5) is 14.1. The van der Waals surface area contributed by atoms with E-state index in [-0.39, 0.29) is 17.4 Å². The second-order valence-electron chi connectivity index (χ2n) is 6.67. The van der Waals surface area contributed by atoms with Gasteiger partial charge in [-0.05, 0) is 62.6 Å². The molecular weight excluding hydrogens is 364 g/mol. The van der Waals surface area contributed by atoms with Gasteiger partial charge in [-0.25, -0.2) is 8.42 Å². The number of likely N-dealkylation sites (tertiary alicyclic amines) is 1. The number of rotatable bonds is 6. The van der Waals surface area contributed by atoms with Crippen LogP contribution in [0.25, 0.3) is 0 Å². The number of nitrogens with zero attached hydrogens (tertiary/aromatic N) is 1. The van der Waals surface area contributed by atoms with Crippen molar-refractivity contribution in [1.82, 2.24) is 4.90 Å². The number of sulfonamides is 1. The number of aryl methyl sites for hydroxylation is 1. The number of piperidine rings is 1. The average molecular weight is 388 g/mol. The number of benzene rings is 2. The molecule has 0 unspecified atom stereocenters. The Bertz CT molecular complexity index is 871. The summed E-state index contributed by atoms with van der Waals surface area (Å²) in [5.74, 6) is 0.432. The highest BCUT2D eigenvalue weighted by atomic mass is 32.2.